The summed E-state index contributed by atoms with van der Waals surface area (Å²) in [7, 11) is 0. The summed E-state index contributed by atoms with van der Waals surface area (Å²) < 4.78 is 12.1. The molecule has 276 valence electrons. The number of carbonyl (C=O) groups is 4. The maximum absolute atomic E-state index is 11.3. The van der Waals surface area contributed by atoms with E-state index in [0.717, 1.165) is 60.2 Å². The molecule has 0 aliphatic rings. The Hall–Kier alpha value is -1.32. The number of unbranched alkanes of at least 4 members (excludes halogenated alkanes) is 18. The summed E-state index contributed by atoms with van der Waals surface area (Å²) in [6.07, 6.45) is 27.4. The fourth-order valence-electron chi connectivity index (χ4n) is 4.47. The van der Waals surface area contributed by atoms with E-state index in [-0.39, 0.29) is 24.8 Å². The molecule has 0 saturated carbocycles. The molecular weight excluding hydrogens is 703 g/mol. The van der Waals surface area contributed by atoms with Crippen LogP contribution in [-0.2, 0) is 28.7 Å². The second kappa shape index (κ2) is 44.7. The summed E-state index contributed by atoms with van der Waals surface area (Å²) in [5, 5.41) is 20.2. The molecule has 0 aliphatic carbocycles. The summed E-state index contributed by atoms with van der Waals surface area (Å²) in [4.78, 5) is 42.8. The Kier molecular flexibility index (Phi) is 47.6. The first-order chi connectivity index (χ1) is 22.7. The average Bonchev–Trinajstić information content (AvgIpc) is 3.03. The monoisotopic (exact) mass is 776 g/mol. The van der Waals surface area contributed by atoms with E-state index in [2.05, 4.69) is 27.7 Å². The van der Waals surface area contributed by atoms with Crippen molar-refractivity contribution in [2.45, 2.75) is 204 Å². The van der Waals surface area contributed by atoms with Crippen LogP contribution in [0.25, 0.3) is 0 Å². The van der Waals surface area contributed by atoms with Crippen LogP contribution in [0, 0.1) is 0 Å². The summed E-state index contributed by atoms with van der Waals surface area (Å²) in [5.41, 5.74) is 0. The van der Waals surface area contributed by atoms with Gasteiger partial charge >= 0.3 is 127 Å². The molecule has 0 saturated heterocycles. The Bertz CT molecular complexity index is 631. The van der Waals surface area contributed by atoms with Gasteiger partial charge in [-0.1, -0.05) is 117 Å². The van der Waals surface area contributed by atoms with E-state index in [9.17, 15) is 29.4 Å². The molecule has 0 amide bonds. The molecule has 0 aromatic heterocycles. The van der Waals surface area contributed by atoms with E-state index < -0.39 is 33.1 Å². The van der Waals surface area contributed by atoms with Gasteiger partial charge in [0.25, 0.3) is 0 Å². The van der Waals surface area contributed by atoms with Crippen molar-refractivity contribution in [3.63, 3.8) is 0 Å². The number of carboxylic acid groups (broad SMARTS) is 2. The summed E-state index contributed by atoms with van der Waals surface area (Å²) in [5.74, 6) is -1.99. The van der Waals surface area contributed by atoms with Crippen molar-refractivity contribution in [3.8, 4) is 0 Å². The van der Waals surface area contributed by atoms with Gasteiger partial charge in [-0.3, -0.25) is 0 Å². The second-order valence-corrected chi connectivity index (χ2v) is 16.6. The molecule has 0 bridgehead atoms. The topological polar surface area (TPSA) is 133 Å². The standard InChI is InChI=1S/2C12H24O2.2C7H13O2.Sn/c2*1-2-3-4-5-6-7-8-9-10-11-12(13)14;2*1-3-5-6-9-7(8)4-2;/h2*2-11H2,1H3,(H,13,14);2*2-6H2,1H3;/q;;;;+2/p-2. The normalized spacial score (nSPS) is 10.1. The Morgan fingerprint density at radius 2 is 0.681 bits per heavy atom. The molecule has 0 unspecified atom stereocenters. The third-order valence-electron chi connectivity index (χ3n) is 7.50. The molecule has 0 heterocycles. The van der Waals surface area contributed by atoms with Gasteiger partial charge < -0.3 is 19.8 Å². The van der Waals surface area contributed by atoms with Crippen LogP contribution in [0.5, 0.6) is 0 Å². The molecule has 0 fully saturated rings. The minimum absolute atomic E-state index is 0.0835. The van der Waals surface area contributed by atoms with Gasteiger partial charge in [0.2, 0.25) is 0 Å². The first-order valence-electron chi connectivity index (χ1n) is 19.2. The van der Waals surface area contributed by atoms with Crippen molar-refractivity contribution >= 4 is 45.0 Å². The molecule has 0 aromatic rings. The minimum atomic E-state index is -0.909. The van der Waals surface area contributed by atoms with Crippen LogP contribution in [0.15, 0.2) is 0 Å². The van der Waals surface area contributed by atoms with Gasteiger partial charge in [0, 0.05) is 11.9 Å². The third kappa shape index (κ3) is 54.4. The molecule has 0 radical (unpaired) electrons. The Labute approximate surface area is 299 Å². The van der Waals surface area contributed by atoms with Crippen LogP contribution in [0.4, 0.5) is 0 Å². The Morgan fingerprint density at radius 1 is 0.404 bits per heavy atom. The molecule has 0 N–H and O–H groups in total. The van der Waals surface area contributed by atoms with Crippen LogP contribution in [0.1, 0.15) is 195 Å². The first-order valence-corrected chi connectivity index (χ1v) is 23.2. The third-order valence-corrected chi connectivity index (χ3v) is 10.9. The molecule has 47 heavy (non-hydrogen) atoms. The number of aliphatic carboxylic acids is 2. The van der Waals surface area contributed by atoms with Gasteiger partial charge in [-0.05, 0) is 25.7 Å². The quantitative estimate of drug-likeness (QED) is 0.0379. The zero-order valence-corrected chi connectivity index (χ0v) is 33.8. The van der Waals surface area contributed by atoms with Gasteiger partial charge in [0.15, 0.2) is 0 Å². The average molecular weight is 776 g/mol. The van der Waals surface area contributed by atoms with E-state index in [1.165, 1.54) is 89.9 Å². The van der Waals surface area contributed by atoms with Crippen molar-refractivity contribution in [2.24, 2.45) is 0 Å². The van der Waals surface area contributed by atoms with Crippen LogP contribution in [-0.4, -0.2) is 58.2 Å². The number of esters is 2. The second-order valence-electron chi connectivity index (χ2n) is 12.3. The van der Waals surface area contributed by atoms with E-state index >= 15 is 0 Å². The number of carbonyl (C=O) groups excluding carboxylic acids is 4. The molecule has 0 rings (SSSR count). The van der Waals surface area contributed by atoms with Crippen molar-refractivity contribution < 1.29 is 38.9 Å². The first kappa shape index (κ1) is 50.1. The van der Waals surface area contributed by atoms with Gasteiger partial charge in [-0.25, -0.2) is 0 Å². The Morgan fingerprint density at radius 3 is 0.957 bits per heavy atom. The summed E-state index contributed by atoms with van der Waals surface area (Å²) in [6, 6.07) is 0. The molecular formula is C38H72O8Sn. The number of hydrogen-bond donors (Lipinski definition) is 0. The fraction of sp³-hybridized carbons (Fsp3) is 0.895. The van der Waals surface area contributed by atoms with Crippen LogP contribution in [0.3, 0.4) is 0 Å². The van der Waals surface area contributed by atoms with Gasteiger partial charge in [-0.2, -0.15) is 0 Å². The van der Waals surface area contributed by atoms with E-state index in [4.69, 9.17) is 9.47 Å². The molecule has 8 nitrogen and oxygen atoms in total. The van der Waals surface area contributed by atoms with E-state index in [0.29, 0.717) is 26.1 Å². The van der Waals surface area contributed by atoms with Crippen LogP contribution < -0.4 is 10.2 Å². The number of ether oxygens (including phenoxy) is 2. The van der Waals surface area contributed by atoms with Crippen LogP contribution >= 0.6 is 0 Å². The van der Waals surface area contributed by atoms with E-state index in [1.54, 1.807) is 0 Å². The predicted octanol–water partition coefficient (Wildman–Crippen LogP) is 8.31. The van der Waals surface area contributed by atoms with Gasteiger partial charge in [0.1, 0.15) is 0 Å². The maximum atomic E-state index is 11.3. The molecule has 0 aliphatic heterocycles. The molecule has 9 heteroatoms. The van der Waals surface area contributed by atoms with Gasteiger partial charge in [-0.15, -0.1) is 0 Å². The predicted molar refractivity (Wildman–Crippen MR) is 190 cm³/mol. The summed E-state index contributed by atoms with van der Waals surface area (Å²) >= 11 is -0.602. The van der Waals surface area contributed by atoms with Gasteiger partial charge in [0.05, 0.1) is 0 Å². The Balaban J connectivity index is -0.000000630. The SMILES string of the molecule is CCCCCCCCCCCC(=O)[O-].CCCCCCCCCCCC(=O)[O-].CCCCOC(=O)C[CH2][Sn+2][CH2]CC(=O)OCCCC. The zero-order chi connectivity index (χ0) is 35.6. The zero-order valence-electron chi connectivity index (χ0n) is 31.0. The molecule has 0 atom stereocenters. The summed E-state index contributed by atoms with van der Waals surface area (Å²) in [6.45, 7) is 9.68. The molecule has 0 aromatic carbocycles. The number of rotatable bonds is 32. The van der Waals surface area contributed by atoms with Crippen molar-refractivity contribution in [1.29, 1.82) is 0 Å². The molecule has 0 spiro atoms. The van der Waals surface area contributed by atoms with E-state index in [1.807, 2.05) is 0 Å². The van der Waals surface area contributed by atoms with Crippen LogP contribution in [0.2, 0.25) is 8.87 Å². The van der Waals surface area contributed by atoms with Crippen molar-refractivity contribution in [2.75, 3.05) is 13.2 Å². The fourth-order valence-corrected chi connectivity index (χ4v) is 7.36. The number of carboxylic acids is 2. The van der Waals surface area contributed by atoms with Crippen molar-refractivity contribution in [1.82, 2.24) is 0 Å². The number of hydrogen-bond acceptors (Lipinski definition) is 8. The van der Waals surface area contributed by atoms with Crippen molar-refractivity contribution in [3.05, 3.63) is 0 Å².